The van der Waals surface area contributed by atoms with E-state index in [1.165, 1.54) is 5.56 Å². The van der Waals surface area contributed by atoms with E-state index in [-0.39, 0.29) is 17.6 Å². The first kappa shape index (κ1) is 23.5. The Bertz CT molecular complexity index is 994. The minimum Gasteiger partial charge on any atom is -0.448 e. The number of ether oxygens (including phenoxy) is 1. The van der Waals surface area contributed by atoms with E-state index in [1.807, 2.05) is 48.2 Å². The molecular weight excluding hydrogens is 400 g/mol. The molecule has 1 aliphatic heterocycles. The zero-order valence-corrected chi connectivity index (χ0v) is 19.5. The minimum atomic E-state index is -0.263. The average Bonchev–Trinajstić information content (AvgIpc) is 3.36. The Balaban J connectivity index is 0.000000913. The first-order chi connectivity index (χ1) is 15.3. The van der Waals surface area contributed by atoms with Crippen molar-refractivity contribution in [2.24, 2.45) is 11.1 Å². The van der Waals surface area contributed by atoms with Gasteiger partial charge in [0.05, 0.1) is 18.3 Å². The molecule has 3 aromatic rings. The maximum atomic E-state index is 12.4. The Morgan fingerprint density at radius 1 is 1.06 bits per heavy atom. The van der Waals surface area contributed by atoms with E-state index < -0.39 is 0 Å². The molecule has 0 aliphatic carbocycles. The van der Waals surface area contributed by atoms with E-state index in [9.17, 15) is 4.79 Å². The van der Waals surface area contributed by atoms with Crippen LogP contribution in [0.4, 0.5) is 4.79 Å². The summed E-state index contributed by atoms with van der Waals surface area (Å²) in [6, 6.07) is 20.3. The SMILES string of the molecule is CC(C)(C)C(c1nc(-c2ccccc2)cn1Cc1ccccc1)N1CCOC1=O.CCN. The van der Waals surface area contributed by atoms with Crippen LogP contribution in [0, 0.1) is 5.41 Å². The highest BCUT2D eigenvalue weighted by atomic mass is 16.6. The summed E-state index contributed by atoms with van der Waals surface area (Å²) in [5, 5.41) is 0. The highest BCUT2D eigenvalue weighted by Gasteiger charge is 2.41. The molecule has 2 N–H and O–H groups in total. The van der Waals surface area contributed by atoms with Crippen LogP contribution in [0.15, 0.2) is 66.9 Å². The Labute approximate surface area is 191 Å². The van der Waals surface area contributed by atoms with Crippen molar-refractivity contribution in [1.82, 2.24) is 14.5 Å². The lowest BCUT2D eigenvalue weighted by atomic mass is 9.85. The van der Waals surface area contributed by atoms with Gasteiger partial charge in [0.2, 0.25) is 0 Å². The maximum absolute atomic E-state index is 12.4. The zero-order chi connectivity index (χ0) is 23.1. The van der Waals surface area contributed by atoms with Gasteiger partial charge in [0.15, 0.2) is 0 Å². The molecule has 1 aromatic heterocycles. The van der Waals surface area contributed by atoms with Crippen LogP contribution >= 0.6 is 0 Å². The summed E-state index contributed by atoms with van der Waals surface area (Å²) in [4.78, 5) is 19.3. The van der Waals surface area contributed by atoms with Crippen LogP contribution in [0.5, 0.6) is 0 Å². The summed E-state index contributed by atoms with van der Waals surface area (Å²) in [6.45, 7) is 10.8. The Morgan fingerprint density at radius 3 is 2.19 bits per heavy atom. The number of nitrogens with two attached hydrogens (primary N) is 1. The van der Waals surface area contributed by atoms with Gasteiger partial charge < -0.3 is 15.0 Å². The molecule has 6 nitrogen and oxygen atoms in total. The van der Waals surface area contributed by atoms with Crippen LogP contribution in [-0.2, 0) is 11.3 Å². The molecule has 1 aliphatic rings. The molecular formula is C26H34N4O2. The van der Waals surface area contributed by atoms with E-state index in [1.54, 1.807) is 0 Å². The van der Waals surface area contributed by atoms with Gasteiger partial charge in [0.25, 0.3) is 0 Å². The third-order valence-electron chi connectivity index (χ3n) is 5.24. The Morgan fingerprint density at radius 2 is 1.66 bits per heavy atom. The normalized spacial score (nSPS) is 14.5. The van der Waals surface area contributed by atoms with Crippen molar-refractivity contribution in [3.05, 3.63) is 78.2 Å². The largest absolute Gasteiger partial charge is 0.448 e. The maximum Gasteiger partial charge on any atom is 0.410 e. The second kappa shape index (κ2) is 10.5. The summed E-state index contributed by atoms with van der Waals surface area (Å²) in [5.74, 6) is 0.888. The molecule has 6 heteroatoms. The van der Waals surface area contributed by atoms with Crippen LogP contribution < -0.4 is 5.73 Å². The van der Waals surface area contributed by atoms with Crippen LogP contribution in [-0.4, -0.2) is 40.2 Å². The van der Waals surface area contributed by atoms with Gasteiger partial charge >= 0.3 is 6.09 Å². The molecule has 2 aromatic carbocycles. The molecule has 32 heavy (non-hydrogen) atoms. The molecule has 170 valence electrons. The second-order valence-electron chi connectivity index (χ2n) is 8.95. The van der Waals surface area contributed by atoms with Crippen LogP contribution in [0.1, 0.15) is 45.1 Å². The molecule has 0 bridgehead atoms. The first-order valence-electron chi connectivity index (χ1n) is 11.1. The fourth-order valence-electron chi connectivity index (χ4n) is 3.94. The molecule has 1 amide bonds. The van der Waals surface area contributed by atoms with Crippen molar-refractivity contribution < 1.29 is 9.53 Å². The zero-order valence-electron chi connectivity index (χ0n) is 19.5. The first-order valence-corrected chi connectivity index (χ1v) is 11.1. The second-order valence-corrected chi connectivity index (χ2v) is 8.95. The molecule has 0 radical (unpaired) electrons. The van der Waals surface area contributed by atoms with Crippen LogP contribution in [0.25, 0.3) is 11.3 Å². The lowest BCUT2D eigenvalue weighted by molar-refractivity contribution is 0.108. The van der Waals surface area contributed by atoms with Gasteiger partial charge in [0.1, 0.15) is 12.4 Å². The van der Waals surface area contributed by atoms with E-state index in [4.69, 9.17) is 15.5 Å². The molecule has 0 spiro atoms. The molecule has 1 unspecified atom stereocenters. The van der Waals surface area contributed by atoms with Gasteiger partial charge in [-0.2, -0.15) is 0 Å². The van der Waals surface area contributed by atoms with E-state index in [0.29, 0.717) is 19.7 Å². The van der Waals surface area contributed by atoms with Crippen molar-refractivity contribution in [3.63, 3.8) is 0 Å². The Kier molecular flexibility index (Phi) is 7.70. The predicted octanol–water partition coefficient (Wildman–Crippen LogP) is 5.10. The summed E-state index contributed by atoms with van der Waals surface area (Å²) in [5.41, 5.74) is 7.83. The quantitative estimate of drug-likeness (QED) is 0.606. The van der Waals surface area contributed by atoms with Crippen molar-refractivity contribution >= 4 is 6.09 Å². The predicted molar refractivity (Wildman–Crippen MR) is 128 cm³/mol. The smallest absolute Gasteiger partial charge is 0.410 e. The number of hydrogen-bond donors (Lipinski definition) is 1. The summed E-state index contributed by atoms with van der Waals surface area (Å²) in [6.07, 6.45) is 1.83. The number of nitrogens with zero attached hydrogens (tertiary/aromatic N) is 3. The number of hydrogen-bond acceptors (Lipinski definition) is 4. The minimum absolute atomic E-state index is 0.182. The van der Waals surface area contributed by atoms with Crippen molar-refractivity contribution in [2.45, 2.75) is 40.3 Å². The van der Waals surface area contributed by atoms with Gasteiger partial charge in [-0.25, -0.2) is 9.78 Å². The number of carbonyl (C=O) groups excluding carboxylic acids is 1. The van der Waals surface area contributed by atoms with Gasteiger partial charge in [0, 0.05) is 18.3 Å². The third kappa shape index (κ3) is 5.56. The average molecular weight is 435 g/mol. The lowest BCUT2D eigenvalue weighted by Crippen LogP contribution is -2.39. The summed E-state index contributed by atoms with van der Waals surface area (Å²) >= 11 is 0. The van der Waals surface area contributed by atoms with Crippen LogP contribution in [0.3, 0.4) is 0 Å². The molecule has 0 saturated carbocycles. The van der Waals surface area contributed by atoms with Gasteiger partial charge in [-0.15, -0.1) is 0 Å². The number of imidazole rings is 1. The standard InChI is InChI=1S/C24H27N3O2.C2H7N/c1-24(2,3)21(27-14-15-29-23(27)28)22-25-20(19-12-8-5-9-13-19)17-26(22)16-18-10-6-4-7-11-18;1-2-3/h4-13,17,21H,14-16H2,1-3H3;2-3H2,1H3. The van der Waals surface area contributed by atoms with Gasteiger partial charge in [-0.3, -0.25) is 4.90 Å². The van der Waals surface area contributed by atoms with Gasteiger partial charge in [-0.05, 0) is 17.5 Å². The summed E-state index contributed by atoms with van der Waals surface area (Å²) < 4.78 is 7.44. The van der Waals surface area contributed by atoms with Crippen molar-refractivity contribution in [2.75, 3.05) is 19.7 Å². The van der Waals surface area contributed by atoms with E-state index in [2.05, 4.69) is 55.8 Å². The molecule has 1 fully saturated rings. The fraction of sp³-hybridized carbons (Fsp3) is 0.385. The number of amides is 1. The number of benzene rings is 2. The third-order valence-corrected chi connectivity index (χ3v) is 5.24. The van der Waals surface area contributed by atoms with Crippen molar-refractivity contribution in [3.8, 4) is 11.3 Å². The molecule has 1 atom stereocenters. The van der Waals surface area contributed by atoms with E-state index >= 15 is 0 Å². The van der Waals surface area contributed by atoms with Crippen molar-refractivity contribution in [1.29, 1.82) is 0 Å². The topological polar surface area (TPSA) is 73.4 Å². The highest BCUT2D eigenvalue weighted by Crippen LogP contribution is 2.40. The van der Waals surface area contributed by atoms with Crippen LogP contribution in [0.2, 0.25) is 0 Å². The Hall–Kier alpha value is -3.12. The fourth-order valence-corrected chi connectivity index (χ4v) is 3.94. The number of carbonyl (C=O) groups is 1. The van der Waals surface area contributed by atoms with Gasteiger partial charge in [-0.1, -0.05) is 88.4 Å². The molecule has 2 heterocycles. The summed E-state index contributed by atoms with van der Waals surface area (Å²) in [7, 11) is 0. The number of cyclic esters (lactones) is 1. The highest BCUT2D eigenvalue weighted by molar-refractivity contribution is 5.70. The van der Waals surface area contributed by atoms with E-state index in [0.717, 1.165) is 23.6 Å². The number of aromatic nitrogens is 2. The lowest BCUT2D eigenvalue weighted by Gasteiger charge is -2.36. The molecule has 1 saturated heterocycles. The molecule has 4 rings (SSSR count). The monoisotopic (exact) mass is 434 g/mol. The number of rotatable bonds is 5.